The number of carboxylic acid groups (broad SMARTS) is 1. The Morgan fingerprint density at radius 2 is 2.24 bits per heavy atom. The van der Waals surface area contributed by atoms with Crippen molar-refractivity contribution in [3.05, 3.63) is 29.8 Å². The summed E-state index contributed by atoms with van der Waals surface area (Å²) in [6, 6.07) is 7.32. The summed E-state index contributed by atoms with van der Waals surface area (Å²) < 4.78 is 0. The molecule has 0 spiro atoms. The number of nitrogens with zero attached hydrogens (tertiary/aromatic N) is 1. The molecule has 0 aromatic heterocycles. The van der Waals surface area contributed by atoms with Crippen molar-refractivity contribution in [3.63, 3.8) is 0 Å². The Bertz CT molecular complexity index is 516. The molecule has 5 nitrogen and oxygen atoms in total. The van der Waals surface area contributed by atoms with E-state index in [1.54, 1.807) is 0 Å². The number of carbonyl (C=O) groups is 2. The number of likely N-dealkylation sites (tertiary alicyclic amines) is 1. The van der Waals surface area contributed by atoms with Gasteiger partial charge in [-0.25, -0.2) is 0 Å². The van der Waals surface area contributed by atoms with Crippen molar-refractivity contribution in [3.8, 4) is 0 Å². The fraction of sp³-hybridized carbons (Fsp3) is 0.500. The van der Waals surface area contributed by atoms with Crippen molar-refractivity contribution in [1.29, 1.82) is 0 Å². The average molecular weight is 290 g/mol. The number of aliphatic carboxylic acids is 1. The molecule has 2 N–H and O–H groups in total. The van der Waals surface area contributed by atoms with E-state index in [4.69, 9.17) is 5.11 Å². The highest BCUT2D eigenvalue weighted by Crippen LogP contribution is 2.18. The van der Waals surface area contributed by atoms with Gasteiger partial charge in [-0.2, -0.15) is 0 Å². The van der Waals surface area contributed by atoms with Crippen LogP contribution in [0.5, 0.6) is 0 Å². The second-order valence-electron chi connectivity index (χ2n) is 5.55. The van der Waals surface area contributed by atoms with Gasteiger partial charge in [0.2, 0.25) is 5.91 Å². The van der Waals surface area contributed by atoms with Crippen molar-refractivity contribution in [1.82, 2.24) is 4.90 Å². The second kappa shape index (κ2) is 7.22. The quantitative estimate of drug-likeness (QED) is 0.843. The fourth-order valence-electron chi connectivity index (χ4n) is 2.76. The molecule has 1 aromatic carbocycles. The average Bonchev–Trinajstić information content (AvgIpc) is 2.87. The van der Waals surface area contributed by atoms with Crippen LogP contribution in [0.4, 0.5) is 5.69 Å². The minimum atomic E-state index is -0.753. The first-order valence-corrected chi connectivity index (χ1v) is 7.39. The van der Waals surface area contributed by atoms with Crippen LogP contribution in [0.3, 0.4) is 0 Å². The summed E-state index contributed by atoms with van der Waals surface area (Å²) in [4.78, 5) is 24.9. The van der Waals surface area contributed by atoms with Crippen LogP contribution in [0.25, 0.3) is 0 Å². The molecule has 1 saturated heterocycles. The lowest BCUT2D eigenvalue weighted by Gasteiger charge is -2.20. The first-order valence-electron chi connectivity index (χ1n) is 7.39. The lowest BCUT2D eigenvalue weighted by atomic mass is 10.2. The minimum Gasteiger partial charge on any atom is -0.480 e. The summed E-state index contributed by atoms with van der Waals surface area (Å²) in [7, 11) is 0. The molecule has 0 saturated carbocycles. The maximum atomic E-state index is 11.9. The first-order chi connectivity index (χ1) is 10.1. The number of carboxylic acids is 1. The minimum absolute atomic E-state index is 0.0216. The van der Waals surface area contributed by atoms with Crippen LogP contribution in [-0.4, -0.2) is 41.0 Å². The van der Waals surface area contributed by atoms with Crippen LogP contribution in [0.15, 0.2) is 24.3 Å². The van der Waals surface area contributed by atoms with E-state index in [-0.39, 0.29) is 11.9 Å². The highest BCUT2D eigenvalue weighted by Gasteiger charge is 2.29. The molecule has 1 fully saturated rings. The molecule has 1 atom stereocenters. The third kappa shape index (κ3) is 4.56. The summed E-state index contributed by atoms with van der Waals surface area (Å²) in [6.07, 6.45) is 2.73. The van der Waals surface area contributed by atoms with E-state index in [0.29, 0.717) is 25.8 Å². The SMILES string of the molecule is Cc1cccc(NC(=O)CCCN2CCCC2C(=O)O)c1. The molecule has 114 valence electrons. The Hall–Kier alpha value is -1.88. The number of benzene rings is 1. The molecule has 2 rings (SSSR count). The van der Waals surface area contributed by atoms with Gasteiger partial charge in [0.25, 0.3) is 0 Å². The van der Waals surface area contributed by atoms with Gasteiger partial charge in [-0.05, 0) is 57.0 Å². The molecule has 21 heavy (non-hydrogen) atoms. The third-order valence-electron chi connectivity index (χ3n) is 3.80. The van der Waals surface area contributed by atoms with Gasteiger partial charge in [-0.1, -0.05) is 12.1 Å². The number of amides is 1. The maximum absolute atomic E-state index is 11.9. The Morgan fingerprint density at radius 3 is 2.95 bits per heavy atom. The zero-order valence-corrected chi connectivity index (χ0v) is 12.3. The Labute approximate surface area is 125 Å². The number of nitrogens with one attached hydrogen (secondary N) is 1. The molecule has 1 amide bonds. The number of hydrogen-bond acceptors (Lipinski definition) is 3. The van der Waals surface area contributed by atoms with Crippen molar-refractivity contribution < 1.29 is 14.7 Å². The van der Waals surface area contributed by atoms with Crippen molar-refractivity contribution in [2.75, 3.05) is 18.4 Å². The zero-order chi connectivity index (χ0) is 15.2. The van der Waals surface area contributed by atoms with Gasteiger partial charge in [0, 0.05) is 12.1 Å². The molecule has 1 unspecified atom stereocenters. The Morgan fingerprint density at radius 1 is 1.43 bits per heavy atom. The topological polar surface area (TPSA) is 69.6 Å². The smallest absolute Gasteiger partial charge is 0.320 e. The Balaban J connectivity index is 1.73. The normalized spacial score (nSPS) is 18.6. The van der Waals surface area contributed by atoms with Crippen LogP contribution in [-0.2, 0) is 9.59 Å². The van der Waals surface area contributed by atoms with Gasteiger partial charge in [0.05, 0.1) is 0 Å². The molecular weight excluding hydrogens is 268 g/mol. The number of hydrogen-bond donors (Lipinski definition) is 2. The summed E-state index contributed by atoms with van der Waals surface area (Å²) in [5, 5.41) is 12.0. The predicted octanol–water partition coefficient (Wildman–Crippen LogP) is 2.26. The van der Waals surface area contributed by atoms with Gasteiger partial charge < -0.3 is 10.4 Å². The molecule has 0 bridgehead atoms. The van der Waals surface area contributed by atoms with Gasteiger partial charge in [0.1, 0.15) is 6.04 Å². The summed E-state index contributed by atoms with van der Waals surface area (Å²) in [5.74, 6) is -0.775. The van der Waals surface area contributed by atoms with Gasteiger partial charge in [-0.3, -0.25) is 14.5 Å². The summed E-state index contributed by atoms with van der Waals surface area (Å²) >= 11 is 0. The monoisotopic (exact) mass is 290 g/mol. The van der Waals surface area contributed by atoms with Crippen LogP contribution in [0.2, 0.25) is 0 Å². The molecule has 1 aliphatic heterocycles. The summed E-state index contributed by atoms with van der Waals surface area (Å²) in [6.45, 7) is 3.46. The van der Waals surface area contributed by atoms with Crippen LogP contribution in [0.1, 0.15) is 31.2 Å². The summed E-state index contributed by atoms with van der Waals surface area (Å²) in [5.41, 5.74) is 1.92. The number of rotatable bonds is 6. The van der Waals surface area contributed by atoms with E-state index in [9.17, 15) is 9.59 Å². The molecule has 5 heteroatoms. The molecule has 1 aliphatic rings. The third-order valence-corrected chi connectivity index (χ3v) is 3.80. The van der Waals surface area contributed by atoms with E-state index in [2.05, 4.69) is 5.32 Å². The van der Waals surface area contributed by atoms with Crippen LogP contribution < -0.4 is 5.32 Å². The predicted molar refractivity (Wildman–Crippen MR) is 81.3 cm³/mol. The van der Waals surface area contributed by atoms with Crippen molar-refractivity contribution in [2.24, 2.45) is 0 Å². The Kier molecular flexibility index (Phi) is 5.33. The lowest BCUT2D eigenvalue weighted by Crippen LogP contribution is -2.36. The van der Waals surface area contributed by atoms with E-state index in [1.807, 2.05) is 36.1 Å². The zero-order valence-electron chi connectivity index (χ0n) is 12.3. The standard InChI is InChI=1S/C16H22N2O3/c1-12-5-2-6-13(11-12)17-15(19)8-4-10-18-9-3-7-14(18)16(20)21/h2,5-6,11,14H,3-4,7-10H2,1H3,(H,17,19)(H,20,21). The highest BCUT2D eigenvalue weighted by atomic mass is 16.4. The molecule has 0 radical (unpaired) electrons. The van der Waals surface area contributed by atoms with E-state index < -0.39 is 5.97 Å². The van der Waals surface area contributed by atoms with Crippen molar-refractivity contribution in [2.45, 2.75) is 38.6 Å². The largest absolute Gasteiger partial charge is 0.480 e. The van der Waals surface area contributed by atoms with Gasteiger partial charge in [0.15, 0.2) is 0 Å². The number of aryl methyl sites for hydroxylation is 1. The van der Waals surface area contributed by atoms with Crippen LogP contribution >= 0.6 is 0 Å². The lowest BCUT2D eigenvalue weighted by molar-refractivity contribution is -0.142. The highest BCUT2D eigenvalue weighted by molar-refractivity contribution is 5.90. The van der Waals surface area contributed by atoms with E-state index in [0.717, 1.165) is 24.2 Å². The van der Waals surface area contributed by atoms with Crippen molar-refractivity contribution >= 4 is 17.6 Å². The molecule has 1 aromatic rings. The second-order valence-corrected chi connectivity index (χ2v) is 5.55. The van der Waals surface area contributed by atoms with E-state index in [1.165, 1.54) is 0 Å². The van der Waals surface area contributed by atoms with E-state index >= 15 is 0 Å². The molecule has 0 aliphatic carbocycles. The van der Waals surface area contributed by atoms with Crippen LogP contribution in [0, 0.1) is 6.92 Å². The number of anilines is 1. The fourth-order valence-corrected chi connectivity index (χ4v) is 2.76. The van der Waals surface area contributed by atoms with Gasteiger partial charge in [-0.15, -0.1) is 0 Å². The first kappa shape index (κ1) is 15.5. The maximum Gasteiger partial charge on any atom is 0.320 e. The number of carbonyl (C=O) groups excluding carboxylic acids is 1. The molecule has 1 heterocycles. The van der Waals surface area contributed by atoms with Gasteiger partial charge >= 0.3 is 5.97 Å². The molecular formula is C16H22N2O3.